The normalized spacial score (nSPS) is 11.9. The number of carbonyl (C=O) groups is 1. The monoisotopic (exact) mass is 355 g/mol. The molecule has 3 aromatic rings. The second-order valence-electron chi connectivity index (χ2n) is 5.72. The van der Waals surface area contributed by atoms with E-state index in [1.54, 1.807) is 11.3 Å². The van der Waals surface area contributed by atoms with Crippen LogP contribution in [0.5, 0.6) is 0 Å². The van der Waals surface area contributed by atoms with Gasteiger partial charge in [-0.1, -0.05) is 54.1 Å². The highest BCUT2D eigenvalue weighted by molar-refractivity contribution is 7.08. The zero-order valence-electron chi connectivity index (χ0n) is 13.3. The van der Waals surface area contributed by atoms with Crippen LogP contribution < -0.4 is 5.32 Å². The molecular formula is C20H18ClNOS. The zero-order valence-corrected chi connectivity index (χ0v) is 14.9. The average Bonchev–Trinajstić information content (AvgIpc) is 3.04. The van der Waals surface area contributed by atoms with Crippen molar-refractivity contribution in [2.24, 2.45) is 0 Å². The third-order valence-corrected chi connectivity index (χ3v) is 4.95. The first-order valence-corrected chi connectivity index (χ1v) is 9.11. The highest BCUT2D eigenvalue weighted by atomic mass is 35.5. The maximum Gasteiger partial charge on any atom is 0.252 e. The van der Waals surface area contributed by atoms with Crippen molar-refractivity contribution in [2.75, 3.05) is 0 Å². The van der Waals surface area contributed by atoms with E-state index >= 15 is 0 Å². The Kier molecular flexibility index (Phi) is 5.34. The van der Waals surface area contributed by atoms with E-state index in [1.807, 2.05) is 72.3 Å². The van der Waals surface area contributed by atoms with Gasteiger partial charge in [-0.25, -0.2) is 0 Å². The molecule has 2 nitrogen and oxygen atoms in total. The van der Waals surface area contributed by atoms with Crippen LogP contribution in [0.1, 0.15) is 40.0 Å². The molecule has 1 amide bonds. The number of halogens is 1. The largest absolute Gasteiger partial charge is 0.345 e. The molecule has 0 spiro atoms. The molecule has 0 unspecified atom stereocenters. The van der Waals surface area contributed by atoms with Crippen LogP contribution >= 0.6 is 22.9 Å². The summed E-state index contributed by atoms with van der Waals surface area (Å²) in [5, 5.41) is 7.73. The van der Waals surface area contributed by atoms with Crippen molar-refractivity contribution in [3.05, 3.63) is 92.6 Å². The van der Waals surface area contributed by atoms with Crippen molar-refractivity contribution in [3.8, 4) is 0 Å². The molecule has 122 valence electrons. The lowest BCUT2D eigenvalue weighted by molar-refractivity contribution is 0.0939. The van der Waals surface area contributed by atoms with E-state index in [2.05, 4.69) is 5.32 Å². The van der Waals surface area contributed by atoms with Crippen LogP contribution in [0.2, 0.25) is 5.02 Å². The van der Waals surface area contributed by atoms with Gasteiger partial charge in [-0.2, -0.15) is 11.3 Å². The minimum Gasteiger partial charge on any atom is -0.345 e. The van der Waals surface area contributed by atoms with Crippen LogP contribution in [0.4, 0.5) is 0 Å². The van der Waals surface area contributed by atoms with Crippen LogP contribution in [0.25, 0.3) is 0 Å². The van der Waals surface area contributed by atoms with Gasteiger partial charge in [0.1, 0.15) is 0 Å². The van der Waals surface area contributed by atoms with E-state index in [1.165, 1.54) is 0 Å². The second kappa shape index (κ2) is 7.65. The lowest BCUT2D eigenvalue weighted by Gasteiger charge is -2.14. The van der Waals surface area contributed by atoms with E-state index in [0.717, 1.165) is 22.3 Å². The molecule has 0 radical (unpaired) electrons. The predicted octanol–water partition coefficient (Wildman–Crippen LogP) is 5.48. The summed E-state index contributed by atoms with van der Waals surface area (Å²) in [6.45, 7) is 2.00. The highest BCUT2D eigenvalue weighted by Crippen LogP contribution is 2.22. The molecular weight excluding hydrogens is 338 g/mol. The van der Waals surface area contributed by atoms with Gasteiger partial charge < -0.3 is 5.32 Å². The molecule has 0 aliphatic rings. The summed E-state index contributed by atoms with van der Waals surface area (Å²) < 4.78 is 0. The van der Waals surface area contributed by atoms with Gasteiger partial charge in [0.25, 0.3) is 5.91 Å². The maximum atomic E-state index is 12.6. The Morgan fingerprint density at radius 3 is 2.67 bits per heavy atom. The van der Waals surface area contributed by atoms with E-state index in [4.69, 9.17) is 11.6 Å². The Morgan fingerprint density at radius 1 is 1.12 bits per heavy atom. The lowest BCUT2D eigenvalue weighted by atomic mass is 10.0. The Labute approximate surface area is 151 Å². The summed E-state index contributed by atoms with van der Waals surface area (Å²) in [7, 11) is 0. The Bertz CT molecular complexity index is 828. The minimum atomic E-state index is -0.0374. The molecule has 1 N–H and O–H groups in total. The number of carbonyl (C=O) groups excluding carboxylic acids is 1. The first kappa shape index (κ1) is 16.7. The summed E-state index contributed by atoms with van der Waals surface area (Å²) in [6.07, 6.45) is 0.701. The third kappa shape index (κ3) is 4.05. The first-order valence-electron chi connectivity index (χ1n) is 7.79. The van der Waals surface area contributed by atoms with E-state index < -0.39 is 0 Å². The quantitative estimate of drug-likeness (QED) is 0.644. The number of rotatable bonds is 5. The van der Waals surface area contributed by atoms with Crippen LogP contribution in [0.3, 0.4) is 0 Å². The summed E-state index contributed by atoms with van der Waals surface area (Å²) in [5.74, 6) is -0.0374. The van der Waals surface area contributed by atoms with Crippen LogP contribution in [0.15, 0.2) is 65.4 Å². The van der Waals surface area contributed by atoms with Crippen molar-refractivity contribution in [3.63, 3.8) is 0 Å². The fourth-order valence-corrected chi connectivity index (χ4v) is 3.68. The van der Waals surface area contributed by atoms with E-state index in [-0.39, 0.29) is 11.9 Å². The molecule has 3 rings (SSSR count). The van der Waals surface area contributed by atoms with Crippen molar-refractivity contribution in [2.45, 2.75) is 19.4 Å². The van der Waals surface area contributed by atoms with Gasteiger partial charge >= 0.3 is 0 Å². The fourth-order valence-electron chi connectivity index (χ4n) is 2.63. The van der Waals surface area contributed by atoms with Gasteiger partial charge in [0.05, 0.1) is 11.6 Å². The predicted molar refractivity (Wildman–Crippen MR) is 101 cm³/mol. The highest BCUT2D eigenvalue weighted by Gasteiger charge is 2.16. The van der Waals surface area contributed by atoms with Crippen LogP contribution in [-0.2, 0) is 6.42 Å². The number of benzene rings is 2. The van der Waals surface area contributed by atoms with Crippen molar-refractivity contribution in [1.82, 2.24) is 5.32 Å². The minimum absolute atomic E-state index is 0.0300. The van der Waals surface area contributed by atoms with Crippen molar-refractivity contribution < 1.29 is 4.79 Å². The summed E-state index contributed by atoms with van der Waals surface area (Å²) >= 11 is 7.59. The molecule has 0 aliphatic heterocycles. The summed E-state index contributed by atoms with van der Waals surface area (Å²) in [6, 6.07) is 17.7. The number of hydrogen-bond donors (Lipinski definition) is 1. The van der Waals surface area contributed by atoms with Crippen LogP contribution in [0, 0.1) is 0 Å². The standard InChI is InChI=1S/C20H18ClNOS/c1-14(16-7-3-2-4-8-16)22-20(23)19-13-24-12-17(19)10-15-6-5-9-18(21)11-15/h2-9,11-14H,10H2,1H3,(H,22,23)/t14-/m0/s1. The smallest absolute Gasteiger partial charge is 0.252 e. The molecule has 2 aromatic carbocycles. The number of amides is 1. The Hall–Kier alpha value is -2.10. The lowest BCUT2D eigenvalue weighted by Crippen LogP contribution is -2.27. The second-order valence-corrected chi connectivity index (χ2v) is 6.90. The maximum absolute atomic E-state index is 12.6. The van der Waals surface area contributed by atoms with Gasteiger partial charge in [0, 0.05) is 10.4 Å². The topological polar surface area (TPSA) is 29.1 Å². The van der Waals surface area contributed by atoms with E-state index in [0.29, 0.717) is 11.4 Å². The van der Waals surface area contributed by atoms with Crippen molar-refractivity contribution in [1.29, 1.82) is 0 Å². The number of thiophene rings is 1. The molecule has 0 bridgehead atoms. The SMILES string of the molecule is C[C@H](NC(=O)c1cscc1Cc1cccc(Cl)c1)c1ccccc1. The molecule has 0 fully saturated rings. The Balaban J connectivity index is 1.73. The third-order valence-electron chi connectivity index (χ3n) is 3.92. The molecule has 24 heavy (non-hydrogen) atoms. The molecule has 1 atom stereocenters. The number of nitrogens with one attached hydrogen (secondary N) is 1. The molecule has 1 aromatic heterocycles. The summed E-state index contributed by atoms with van der Waals surface area (Å²) in [4.78, 5) is 12.6. The molecule has 1 heterocycles. The molecule has 0 saturated carbocycles. The van der Waals surface area contributed by atoms with Crippen LogP contribution in [-0.4, -0.2) is 5.91 Å². The Morgan fingerprint density at radius 2 is 1.92 bits per heavy atom. The summed E-state index contributed by atoms with van der Waals surface area (Å²) in [5.41, 5.74) is 3.96. The van der Waals surface area contributed by atoms with E-state index in [9.17, 15) is 4.79 Å². The molecule has 0 saturated heterocycles. The van der Waals surface area contributed by atoms with Gasteiger partial charge in [-0.3, -0.25) is 4.79 Å². The fraction of sp³-hybridized carbons (Fsp3) is 0.150. The molecule has 0 aliphatic carbocycles. The van der Waals surface area contributed by atoms with Gasteiger partial charge in [0.15, 0.2) is 0 Å². The number of hydrogen-bond acceptors (Lipinski definition) is 2. The molecule has 4 heteroatoms. The van der Waals surface area contributed by atoms with Gasteiger partial charge in [0.2, 0.25) is 0 Å². The van der Waals surface area contributed by atoms with Gasteiger partial charge in [-0.15, -0.1) is 0 Å². The van der Waals surface area contributed by atoms with Gasteiger partial charge in [-0.05, 0) is 47.5 Å². The zero-order chi connectivity index (χ0) is 16.9. The van der Waals surface area contributed by atoms with Crippen molar-refractivity contribution >= 4 is 28.8 Å². The first-order chi connectivity index (χ1) is 11.6. The average molecular weight is 356 g/mol.